The fourth-order valence-corrected chi connectivity index (χ4v) is 2.90. The Hall–Kier alpha value is -0.410. The molecular weight excluding hydrogens is 305 g/mol. The van der Waals surface area contributed by atoms with E-state index in [4.69, 9.17) is 0 Å². The Balaban J connectivity index is 2.74. The predicted molar refractivity (Wildman–Crippen MR) is 84.0 cm³/mol. The lowest BCUT2D eigenvalue weighted by Crippen LogP contribution is -2.37. The van der Waals surface area contributed by atoms with Crippen molar-refractivity contribution in [3.05, 3.63) is 34.1 Å². The average molecular weight is 330 g/mol. The van der Waals surface area contributed by atoms with Gasteiger partial charge in [-0.3, -0.25) is 0 Å². The van der Waals surface area contributed by atoms with Crippen molar-refractivity contribution >= 4 is 15.9 Å². The third-order valence-corrected chi connectivity index (χ3v) is 4.28. The summed E-state index contributed by atoms with van der Waals surface area (Å²) in [6.07, 6.45) is 4.51. The highest BCUT2D eigenvalue weighted by Crippen LogP contribution is 2.22. The third-order valence-electron chi connectivity index (χ3n) is 3.54. The van der Waals surface area contributed by atoms with E-state index in [0.717, 1.165) is 23.9 Å². The first-order valence-electron chi connectivity index (χ1n) is 7.25. The molecule has 0 heterocycles. The topological polar surface area (TPSA) is 12.0 Å². The van der Waals surface area contributed by atoms with Crippen molar-refractivity contribution in [3.63, 3.8) is 0 Å². The van der Waals surface area contributed by atoms with Crippen LogP contribution in [0.15, 0.2) is 22.7 Å². The van der Waals surface area contributed by atoms with Gasteiger partial charge in [0.15, 0.2) is 0 Å². The summed E-state index contributed by atoms with van der Waals surface area (Å²) in [6, 6.07) is 5.44. The minimum absolute atomic E-state index is 0.185. The molecular formula is C16H25BrFN. The van der Waals surface area contributed by atoms with E-state index < -0.39 is 0 Å². The maximum absolute atomic E-state index is 13.1. The van der Waals surface area contributed by atoms with Gasteiger partial charge < -0.3 is 5.32 Å². The quantitative estimate of drug-likeness (QED) is 0.712. The van der Waals surface area contributed by atoms with E-state index in [1.54, 1.807) is 12.1 Å². The standard InChI is InChI=1S/C16H25BrFN/c1-4-6-12(3)16(19-9-5-2)10-13-7-8-14(18)11-15(13)17/h7-8,11-12,16,19H,4-6,9-10H2,1-3H3. The molecule has 0 spiro atoms. The van der Waals surface area contributed by atoms with Gasteiger partial charge in [0, 0.05) is 10.5 Å². The van der Waals surface area contributed by atoms with Crippen LogP contribution < -0.4 is 5.32 Å². The molecule has 0 bridgehead atoms. The zero-order valence-corrected chi connectivity index (χ0v) is 13.8. The number of hydrogen-bond acceptors (Lipinski definition) is 1. The first-order chi connectivity index (χ1) is 9.08. The van der Waals surface area contributed by atoms with Crippen molar-refractivity contribution in [2.75, 3.05) is 6.54 Å². The normalized spacial score (nSPS) is 14.4. The highest BCUT2D eigenvalue weighted by atomic mass is 79.9. The van der Waals surface area contributed by atoms with E-state index >= 15 is 0 Å². The highest BCUT2D eigenvalue weighted by Gasteiger charge is 2.17. The lowest BCUT2D eigenvalue weighted by atomic mass is 9.91. The SMILES string of the molecule is CCCNC(Cc1ccc(F)cc1Br)C(C)CCC. The molecule has 0 aromatic heterocycles. The van der Waals surface area contributed by atoms with Crippen molar-refractivity contribution in [1.82, 2.24) is 5.32 Å². The molecule has 2 unspecified atom stereocenters. The number of benzene rings is 1. The molecule has 1 rings (SSSR count). The summed E-state index contributed by atoms with van der Waals surface area (Å²) in [7, 11) is 0. The van der Waals surface area contributed by atoms with Crippen LogP contribution in [-0.2, 0) is 6.42 Å². The Kier molecular flexibility index (Phi) is 7.62. The minimum atomic E-state index is -0.185. The second-order valence-corrected chi connectivity index (χ2v) is 6.12. The molecule has 0 aliphatic heterocycles. The average Bonchev–Trinajstić information content (AvgIpc) is 2.37. The van der Waals surface area contributed by atoms with Crippen molar-refractivity contribution in [1.29, 1.82) is 0 Å². The number of halogens is 2. The molecule has 1 N–H and O–H groups in total. The van der Waals surface area contributed by atoms with Gasteiger partial charge in [-0.25, -0.2) is 4.39 Å². The van der Waals surface area contributed by atoms with Gasteiger partial charge in [0.05, 0.1) is 0 Å². The Labute approximate surface area is 125 Å². The van der Waals surface area contributed by atoms with Crippen LogP contribution >= 0.6 is 15.9 Å². The largest absolute Gasteiger partial charge is 0.313 e. The third kappa shape index (κ3) is 5.62. The van der Waals surface area contributed by atoms with Crippen molar-refractivity contribution < 1.29 is 4.39 Å². The lowest BCUT2D eigenvalue weighted by Gasteiger charge is -2.25. The molecule has 0 radical (unpaired) electrons. The molecule has 1 nitrogen and oxygen atoms in total. The van der Waals surface area contributed by atoms with Gasteiger partial charge in [0.2, 0.25) is 0 Å². The van der Waals surface area contributed by atoms with Crippen LogP contribution in [0, 0.1) is 11.7 Å². The van der Waals surface area contributed by atoms with Crippen molar-refractivity contribution in [2.45, 2.75) is 52.5 Å². The lowest BCUT2D eigenvalue weighted by molar-refractivity contribution is 0.352. The van der Waals surface area contributed by atoms with Crippen molar-refractivity contribution in [3.8, 4) is 0 Å². The van der Waals surface area contributed by atoms with Gasteiger partial charge >= 0.3 is 0 Å². The number of rotatable bonds is 8. The first-order valence-corrected chi connectivity index (χ1v) is 8.05. The van der Waals surface area contributed by atoms with E-state index in [0.29, 0.717) is 12.0 Å². The van der Waals surface area contributed by atoms with Gasteiger partial charge in [-0.1, -0.05) is 49.2 Å². The summed E-state index contributed by atoms with van der Waals surface area (Å²) >= 11 is 3.46. The van der Waals surface area contributed by atoms with E-state index in [1.165, 1.54) is 18.4 Å². The summed E-state index contributed by atoms with van der Waals surface area (Å²) in [5, 5.41) is 3.63. The predicted octanol–water partition coefficient (Wildman–Crippen LogP) is 4.94. The summed E-state index contributed by atoms with van der Waals surface area (Å²) in [4.78, 5) is 0. The zero-order chi connectivity index (χ0) is 14.3. The Bertz CT molecular complexity index is 381. The van der Waals surface area contributed by atoms with Crippen LogP contribution in [0.4, 0.5) is 4.39 Å². The van der Waals surface area contributed by atoms with Crippen LogP contribution in [0.2, 0.25) is 0 Å². The second-order valence-electron chi connectivity index (χ2n) is 5.27. The summed E-state index contributed by atoms with van der Waals surface area (Å²) < 4.78 is 14.0. The molecule has 3 heteroatoms. The van der Waals surface area contributed by atoms with Crippen molar-refractivity contribution in [2.24, 2.45) is 5.92 Å². The number of hydrogen-bond donors (Lipinski definition) is 1. The smallest absolute Gasteiger partial charge is 0.124 e. The van der Waals surface area contributed by atoms with E-state index in [-0.39, 0.29) is 5.82 Å². The maximum atomic E-state index is 13.1. The van der Waals surface area contributed by atoms with Crippen LogP contribution in [-0.4, -0.2) is 12.6 Å². The molecule has 0 aliphatic carbocycles. The van der Waals surface area contributed by atoms with Crippen LogP contribution in [0.3, 0.4) is 0 Å². The molecule has 0 amide bonds. The minimum Gasteiger partial charge on any atom is -0.313 e. The molecule has 0 fully saturated rings. The van der Waals surface area contributed by atoms with E-state index in [9.17, 15) is 4.39 Å². The molecule has 0 saturated carbocycles. The van der Waals surface area contributed by atoms with Crippen LogP contribution in [0.1, 0.15) is 45.6 Å². The van der Waals surface area contributed by atoms with Gasteiger partial charge in [-0.15, -0.1) is 0 Å². The Morgan fingerprint density at radius 3 is 2.58 bits per heavy atom. The molecule has 19 heavy (non-hydrogen) atoms. The summed E-state index contributed by atoms with van der Waals surface area (Å²) in [6.45, 7) is 7.75. The molecule has 108 valence electrons. The van der Waals surface area contributed by atoms with Gasteiger partial charge in [-0.05, 0) is 49.4 Å². The van der Waals surface area contributed by atoms with Gasteiger partial charge in [0.1, 0.15) is 5.82 Å². The summed E-state index contributed by atoms with van der Waals surface area (Å²) in [5.74, 6) is 0.448. The van der Waals surface area contributed by atoms with Crippen LogP contribution in [0.25, 0.3) is 0 Å². The fraction of sp³-hybridized carbons (Fsp3) is 0.625. The molecule has 0 aliphatic rings. The van der Waals surface area contributed by atoms with Gasteiger partial charge in [0.25, 0.3) is 0 Å². The zero-order valence-electron chi connectivity index (χ0n) is 12.2. The number of nitrogens with one attached hydrogen (secondary N) is 1. The molecule has 0 saturated heterocycles. The monoisotopic (exact) mass is 329 g/mol. The summed E-state index contributed by atoms with van der Waals surface area (Å²) in [5.41, 5.74) is 1.18. The Morgan fingerprint density at radius 1 is 1.26 bits per heavy atom. The highest BCUT2D eigenvalue weighted by molar-refractivity contribution is 9.10. The molecule has 1 aromatic rings. The van der Waals surface area contributed by atoms with Gasteiger partial charge in [-0.2, -0.15) is 0 Å². The second kappa shape index (κ2) is 8.70. The van der Waals surface area contributed by atoms with E-state index in [2.05, 4.69) is 42.0 Å². The Morgan fingerprint density at radius 2 is 2.00 bits per heavy atom. The maximum Gasteiger partial charge on any atom is 0.124 e. The van der Waals surface area contributed by atoms with E-state index in [1.807, 2.05) is 6.07 Å². The first kappa shape index (κ1) is 16.6. The van der Waals surface area contributed by atoms with Crippen LogP contribution in [0.5, 0.6) is 0 Å². The fourth-order valence-electron chi connectivity index (χ4n) is 2.38. The molecule has 1 aromatic carbocycles. The molecule has 2 atom stereocenters.